The molecule has 1 aromatic carbocycles. The number of hydrogen-bond donors (Lipinski definition) is 1. The lowest BCUT2D eigenvalue weighted by molar-refractivity contribution is 0.254. The summed E-state index contributed by atoms with van der Waals surface area (Å²) in [6, 6.07) is 7.20. The molecule has 0 bridgehead atoms. The van der Waals surface area contributed by atoms with Crippen LogP contribution in [0.15, 0.2) is 30.5 Å². The molecule has 0 saturated heterocycles. The second kappa shape index (κ2) is 5.23. The SMILES string of the molecule is CCN(C(N)=O)c1cc2cccc(CCl)c2cn1. The van der Waals surface area contributed by atoms with Crippen LogP contribution in [0, 0.1) is 0 Å². The maximum atomic E-state index is 11.3. The molecule has 0 aliphatic heterocycles. The Bertz CT molecular complexity index is 585. The van der Waals surface area contributed by atoms with Crippen LogP contribution in [0.25, 0.3) is 10.8 Å². The fourth-order valence-electron chi connectivity index (χ4n) is 1.92. The predicted octanol–water partition coefficient (Wildman–Crippen LogP) is 2.88. The molecule has 2 amide bonds. The van der Waals surface area contributed by atoms with Gasteiger partial charge in [0.1, 0.15) is 5.82 Å². The summed E-state index contributed by atoms with van der Waals surface area (Å²) in [5.74, 6) is 0.996. The molecular weight excluding hydrogens is 250 g/mol. The van der Waals surface area contributed by atoms with Crippen molar-refractivity contribution in [1.29, 1.82) is 0 Å². The van der Waals surface area contributed by atoms with E-state index in [0.29, 0.717) is 18.2 Å². The highest BCUT2D eigenvalue weighted by molar-refractivity contribution is 6.18. The number of nitrogens with zero attached hydrogens (tertiary/aromatic N) is 2. The van der Waals surface area contributed by atoms with Gasteiger partial charge in [0, 0.05) is 24.0 Å². The van der Waals surface area contributed by atoms with Gasteiger partial charge in [0.05, 0.1) is 0 Å². The molecule has 0 aliphatic carbocycles. The molecule has 2 aromatic rings. The highest BCUT2D eigenvalue weighted by atomic mass is 35.5. The third-order valence-electron chi connectivity index (χ3n) is 2.84. The summed E-state index contributed by atoms with van der Waals surface area (Å²) >= 11 is 5.87. The van der Waals surface area contributed by atoms with E-state index in [4.69, 9.17) is 17.3 Å². The molecule has 0 spiro atoms. The number of carbonyl (C=O) groups is 1. The fraction of sp³-hybridized carbons (Fsp3) is 0.231. The van der Waals surface area contributed by atoms with Crippen molar-refractivity contribution < 1.29 is 4.79 Å². The van der Waals surface area contributed by atoms with Crippen molar-refractivity contribution in [2.75, 3.05) is 11.4 Å². The van der Waals surface area contributed by atoms with Crippen molar-refractivity contribution in [1.82, 2.24) is 4.98 Å². The summed E-state index contributed by atoms with van der Waals surface area (Å²) in [6.07, 6.45) is 1.73. The summed E-state index contributed by atoms with van der Waals surface area (Å²) in [5, 5.41) is 2.00. The number of anilines is 1. The quantitative estimate of drug-likeness (QED) is 0.866. The molecule has 0 unspecified atom stereocenters. The monoisotopic (exact) mass is 263 g/mol. The van der Waals surface area contributed by atoms with Crippen molar-refractivity contribution in [3.63, 3.8) is 0 Å². The topological polar surface area (TPSA) is 59.2 Å². The van der Waals surface area contributed by atoms with Gasteiger partial charge in [0.15, 0.2) is 0 Å². The van der Waals surface area contributed by atoms with E-state index in [1.165, 1.54) is 4.90 Å². The Morgan fingerprint density at radius 2 is 2.28 bits per heavy atom. The number of nitrogens with two attached hydrogens (primary N) is 1. The number of alkyl halides is 1. The highest BCUT2D eigenvalue weighted by Crippen LogP contribution is 2.23. The van der Waals surface area contributed by atoms with Crippen molar-refractivity contribution in [2.45, 2.75) is 12.8 Å². The van der Waals surface area contributed by atoms with Crippen LogP contribution >= 0.6 is 11.6 Å². The van der Waals surface area contributed by atoms with Crippen molar-refractivity contribution in [3.8, 4) is 0 Å². The van der Waals surface area contributed by atoms with Gasteiger partial charge in [-0.3, -0.25) is 4.90 Å². The van der Waals surface area contributed by atoms with E-state index in [1.807, 2.05) is 31.2 Å². The first-order chi connectivity index (χ1) is 8.67. The molecule has 0 fully saturated rings. The number of urea groups is 1. The third kappa shape index (κ3) is 2.24. The van der Waals surface area contributed by atoms with Gasteiger partial charge in [-0.25, -0.2) is 9.78 Å². The lowest BCUT2D eigenvalue weighted by Gasteiger charge is -2.17. The molecule has 94 valence electrons. The molecule has 0 atom stereocenters. The molecule has 2 rings (SSSR count). The van der Waals surface area contributed by atoms with Crippen molar-refractivity contribution in [2.24, 2.45) is 5.73 Å². The number of carbonyl (C=O) groups excluding carboxylic acids is 1. The number of aromatic nitrogens is 1. The second-order valence-electron chi connectivity index (χ2n) is 3.90. The largest absolute Gasteiger partial charge is 0.351 e. The van der Waals surface area contributed by atoms with Gasteiger partial charge in [-0.15, -0.1) is 11.6 Å². The van der Waals surface area contributed by atoms with E-state index in [9.17, 15) is 4.79 Å². The van der Waals surface area contributed by atoms with Crippen LogP contribution in [0.2, 0.25) is 0 Å². The average Bonchev–Trinajstić information content (AvgIpc) is 2.38. The second-order valence-corrected chi connectivity index (χ2v) is 4.16. The molecular formula is C13H14ClN3O. The zero-order chi connectivity index (χ0) is 13.1. The van der Waals surface area contributed by atoms with Crippen molar-refractivity contribution >= 4 is 34.2 Å². The standard InChI is InChI=1S/C13H14ClN3O/c1-2-17(13(15)18)12-6-9-4-3-5-10(7-14)11(9)8-16-12/h3-6,8H,2,7H2,1H3,(H2,15,18). The molecule has 0 aliphatic rings. The number of halogens is 1. The molecule has 0 radical (unpaired) electrons. The summed E-state index contributed by atoms with van der Waals surface area (Å²) in [4.78, 5) is 17.0. The van der Waals surface area contributed by atoms with E-state index in [-0.39, 0.29) is 0 Å². The summed E-state index contributed by atoms with van der Waals surface area (Å²) < 4.78 is 0. The van der Waals surface area contributed by atoms with Gasteiger partial charge < -0.3 is 5.73 Å². The molecule has 5 heteroatoms. The normalized spacial score (nSPS) is 10.6. The number of pyridine rings is 1. The lowest BCUT2D eigenvalue weighted by Crippen LogP contribution is -2.36. The summed E-state index contributed by atoms with van der Waals surface area (Å²) in [7, 11) is 0. The molecule has 2 N–H and O–H groups in total. The fourth-order valence-corrected chi connectivity index (χ4v) is 2.15. The van der Waals surface area contributed by atoms with Gasteiger partial charge in [-0.1, -0.05) is 18.2 Å². The first-order valence-electron chi connectivity index (χ1n) is 5.68. The lowest BCUT2D eigenvalue weighted by atomic mass is 10.1. The Balaban J connectivity index is 2.54. The smallest absolute Gasteiger partial charge is 0.320 e. The van der Waals surface area contributed by atoms with Gasteiger partial charge in [0.25, 0.3) is 0 Å². The van der Waals surface area contributed by atoms with Crippen LogP contribution in [-0.2, 0) is 5.88 Å². The van der Waals surface area contributed by atoms with E-state index in [0.717, 1.165) is 16.3 Å². The van der Waals surface area contributed by atoms with Crippen LogP contribution in [-0.4, -0.2) is 17.6 Å². The van der Waals surface area contributed by atoms with Crippen LogP contribution in [0.3, 0.4) is 0 Å². The number of benzene rings is 1. The summed E-state index contributed by atoms with van der Waals surface area (Å²) in [5.41, 5.74) is 6.33. The Morgan fingerprint density at radius 3 is 2.89 bits per heavy atom. The zero-order valence-corrected chi connectivity index (χ0v) is 10.8. The van der Waals surface area contributed by atoms with Gasteiger partial charge in [-0.05, 0) is 23.9 Å². The molecule has 18 heavy (non-hydrogen) atoms. The first-order valence-corrected chi connectivity index (χ1v) is 6.21. The Morgan fingerprint density at radius 1 is 1.50 bits per heavy atom. The van der Waals surface area contributed by atoms with Gasteiger partial charge in [-0.2, -0.15) is 0 Å². The minimum Gasteiger partial charge on any atom is -0.351 e. The number of hydrogen-bond acceptors (Lipinski definition) is 2. The number of amides is 2. The van der Waals surface area contributed by atoms with Crippen LogP contribution < -0.4 is 10.6 Å². The predicted molar refractivity (Wildman–Crippen MR) is 73.9 cm³/mol. The Labute approximate surface area is 110 Å². The Kier molecular flexibility index (Phi) is 3.67. The molecule has 1 aromatic heterocycles. The molecule has 0 saturated carbocycles. The number of primary amides is 1. The van der Waals surface area contributed by atoms with E-state index < -0.39 is 6.03 Å². The van der Waals surface area contributed by atoms with E-state index in [2.05, 4.69) is 4.98 Å². The highest BCUT2D eigenvalue weighted by Gasteiger charge is 2.12. The number of fused-ring (bicyclic) bond motifs is 1. The minimum atomic E-state index is -0.502. The zero-order valence-electron chi connectivity index (χ0n) is 10.1. The van der Waals surface area contributed by atoms with Crippen molar-refractivity contribution in [3.05, 3.63) is 36.0 Å². The van der Waals surface area contributed by atoms with Gasteiger partial charge >= 0.3 is 6.03 Å². The third-order valence-corrected chi connectivity index (χ3v) is 3.13. The molecule has 1 heterocycles. The first kappa shape index (κ1) is 12.6. The molecule has 4 nitrogen and oxygen atoms in total. The average molecular weight is 264 g/mol. The van der Waals surface area contributed by atoms with Crippen LogP contribution in [0.1, 0.15) is 12.5 Å². The van der Waals surface area contributed by atoms with Crippen LogP contribution in [0.4, 0.5) is 10.6 Å². The maximum Gasteiger partial charge on any atom is 0.320 e. The minimum absolute atomic E-state index is 0.436. The summed E-state index contributed by atoms with van der Waals surface area (Å²) in [6.45, 7) is 2.34. The Hall–Kier alpha value is -1.81. The van der Waals surface area contributed by atoms with Gasteiger partial charge in [0.2, 0.25) is 0 Å². The number of rotatable bonds is 3. The van der Waals surface area contributed by atoms with Crippen LogP contribution in [0.5, 0.6) is 0 Å². The van der Waals surface area contributed by atoms with E-state index >= 15 is 0 Å². The van der Waals surface area contributed by atoms with E-state index in [1.54, 1.807) is 6.20 Å². The maximum absolute atomic E-state index is 11.3.